The number of carbonyl (C=O) groups is 1. The number of benzene rings is 1. The molecule has 0 atom stereocenters. The topological polar surface area (TPSA) is 72.7 Å². The molecule has 0 saturated carbocycles. The fraction of sp³-hybridized carbons (Fsp3) is 0.167. The minimum Gasteiger partial charge on any atom is -0.496 e. The quantitative estimate of drug-likeness (QED) is 0.439. The van der Waals surface area contributed by atoms with E-state index in [4.69, 9.17) is 4.74 Å². The number of hydrogen-bond acceptors (Lipinski definition) is 6. The van der Waals surface area contributed by atoms with Gasteiger partial charge in [0, 0.05) is 16.5 Å². The smallest absolute Gasteiger partial charge is 0.324 e. The van der Waals surface area contributed by atoms with Crippen molar-refractivity contribution in [2.45, 2.75) is 13.1 Å². The minimum absolute atomic E-state index is 0.0401. The van der Waals surface area contributed by atoms with Crippen molar-refractivity contribution in [1.29, 1.82) is 0 Å². The molecule has 1 amide bonds. The first kappa shape index (κ1) is 18.1. The number of ether oxygens (including phenoxy) is 1. The molecular weight excluding hydrogens is 372 g/mol. The van der Waals surface area contributed by atoms with Crippen LogP contribution in [0, 0.1) is 10.1 Å². The van der Waals surface area contributed by atoms with Crippen LogP contribution in [0.2, 0.25) is 0 Å². The Balaban J connectivity index is 1.89. The summed E-state index contributed by atoms with van der Waals surface area (Å²) >= 11 is 2.46. The molecule has 0 N–H and O–H groups in total. The van der Waals surface area contributed by atoms with Crippen LogP contribution in [0.1, 0.15) is 20.1 Å². The Bertz CT molecular complexity index is 906. The Labute approximate surface area is 158 Å². The van der Waals surface area contributed by atoms with E-state index in [-0.39, 0.29) is 10.9 Å². The number of methoxy groups -OCH3 is 1. The van der Waals surface area contributed by atoms with Crippen molar-refractivity contribution < 1.29 is 14.5 Å². The highest BCUT2D eigenvalue weighted by atomic mass is 32.1. The molecule has 0 fully saturated rings. The van der Waals surface area contributed by atoms with Crippen molar-refractivity contribution in [3.8, 4) is 5.75 Å². The van der Waals surface area contributed by atoms with Gasteiger partial charge in [-0.3, -0.25) is 14.9 Å². The average Bonchev–Trinajstić information content (AvgIpc) is 3.33. The van der Waals surface area contributed by atoms with Crippen molar-refractivity contribution in [1.82, 2.24) is 4.90 Å². The third-order valence-electron chi connectivity index (χ3n) is 3.75. The van der Waals surface area contributed by atoms with Crippen LogP contribution in [0.15, 0.2) is 53.9 Å². The lowest BCUT2D eigenvalue weighted by molar-refractivity contribution is -0.380. The molecule has 0 aliphatic rings. The van der Waals surface area contributed by atoms with E-state index in [1.165, 1.54) is 12.1 Å². The van der Waals surface area contributed by atoms with Crippen LogP contribution in [0.3, 0.4) is 0 Å². The molecule has 0 unspecified atom stereocenters. The highest BCUT2D eigenvalue weighted by molar-refractivity contribution is 7.17. The van der Waals surface area contributed by atoms with Crippen molar-refractivity contribution in [3.05, 3.63) is 79.3 Å². The number of amides is 1. The molecule has 3 aromatic rings. The molecule has 134 valence electrons. The summed E-state index contributed by atoms with van der Waals surface area (Å²) in [6.07, 6.45) is 0. The summed E-state index contributed by atoms with van der Waals surface area (Å²) in [6.45, 7) is 0.784. The molecule has 0 radical (unpaired) electrons. The summed E-state index contributed by atoms with van der Waals surface area (Å²) in [5.74, 6) is 0.469. The maximum Gasteiger partial charge on any atom is 0.324 e. The van der Waals surface area contributed by atoms with E-state index in [2.05, 4.69) is 0 Å². The molecule has 3 rings (SSSR count). The molecule has 6 nitrogen and oxygen atoms in total. The van der Waals surface area contributed by atoms with Crippen molar-refractivity contribution in [2.75, 3.05) is 7.11 Å². The third kappa shape index (κ3) is 4.09. The second-order valence-corrected chi connectivity index (χ2v) is 7.54. The number of carbonyl (C=O) groups excluding carboxylic acids is 1. The highest BCUT2D eigenvalue weighted by Gasteiger charge is 2.22. The molecule has 0 bridgehead atoms. The van der Waals surface area contributed by atoms with Gasteiger partial charge < -0.3 is 9.64 Å². The SMILES string of the molecule is COc1ccccc1CN(Cc1cccs1)C(=O)c1ccc([N+](=O)[O-])s1. The first-order valence-corrected chi connectivity index (χ1v) is 9.46. The van der Waals surface area contributed by atoms with Crippen molar-refractivity contribution >= 4 is 33.6 Å². The van der Waals surface area contributed by atoms with Gasteiger partial charge in [0.25, 0.3) is 5.91 Å². The van der Waals surface area contributed by atoms with Gasteiger partial charge in [-0.2, -0.15) is 0 Å². The summed E-state index contributed by atoms with van der Waals surface area (Å²) < 4.78 is 5.38. The summed E-state index contributed by atoms with van der Waals surface area (Å²) in [7, 11) is 1.59. The fourth-order valence-electron chi connectivity index (χ4n) is 2.53. The van der Waals surface area contributed by atoms with Gasteiger partial charge in [-0.1, -0.05) is 35.6 Å². The Hall–Kier alpha value is -2.71. The summed E-state index contributed by atoms with van der Waals surface area (Å²) in [6, 6.07) is 14.3. The van der Waals surface area contributed by atoms with E-state index in [1.807, 2.05) is 41.8 Å². The molecule has 1 aromatic carbocycles. The molecule has 0 aliphatic heterocycles. The first-order chi connectivity index (χ1) is 12.6. The van der Waals surface area contributed by atoms with Gasteiger partial charge in [-0.25, -0.2) is 0 Å². The van der Waals surface area contributed by atoms with Crippen LogP contribution in [-0.2, 0) is 13.1 Å². The largest absolute Gasteiger partial charge is 0.496 e. The lowest BCUT2D eigenvalue weighted by Crippen LogP contribution is -2.29. The number of nitrogens with zero attached hydrogens (tertiary/aromatic N) is 2. The molecule has 8 heteroatoms. The highest BCUT2D eigenvalue weighted by Crippen LogP contribution is 2.28. The van der Waals surface area contributed by atoms with E-state index in [0.717, 1.165) is 21.8 Å². The van der Waals surface area contributed by atoms with Gasteiger partial charge in [0.2, 0.25) is 0 Å². The zero-order chi connectivity index (χ0) is 18.5. The predicted octanol–water partition coefficient (Wildman–Crippen LogP) is 4.57. The van der Waals surface area contributed by atoms with Crippen molar-refractivity contribution in [2.24, 2.45) is 0 Å². The lowest BCUT2D eigenvalue weighted by atomic mass is 10.2. The van der Waals surface area contributed by atoms with Crippen LogP contribution >= 0.6 is 22.7 Å². The second kappa shape index (κ2) is 8.11. The lowest BCUT2D eigenvalue weighted by Gasteiger charge is -2.22. The Morgan fingerprint density at radius 3 is 2.62 bits per heavy atom. The van der Waals surface area contributed by atoms with E-state index in [1.54, 1.807) is 23.3 Å². The van der Waals surface area contributed by atoms with Gasteiger partial charge >= 0.3 is 5.00 Å². The van der Waals surface area contributed by atoms with Gasteiger partial charge in [-0.05, 0) is 23.6 Å². The first-order valence-electron chi connectivity index (χ1n) is 7.76. The van der Waals surface area contributed by atoms with Crippen LogP contribution < -0.4 is 4.74 Å². The number of para-hydroxylation sites is 1. The van der Waals surface area contributed by atoms with Crippen LogP contribution in [0.25, 0.3) is 0 Å². The summed E-state index contributed by atoms with van der Waals surface area (Å²) in [5.41, 5.74) is 0.881. The van der Waals surface area contributed by atoms with Gasteiger partial charge in [0.1, 0.15) is 5.75 Å². The Morgan fingerprint density at radius 2 is 1.96 bits per heavy atom. The minimum atomic E-state index is -0.481. The molecule has 2 aromatic heterocycles. The summed E-state index contributed by atoms with van der Waals surface area (Å²) in [5, 5.41) is 12.8. The van der Waals surface area contributed by atoms with Crippen molar-refractivity contribution in [3.63, 3.8) is 0 Å². The van der Waals surface area contributed by atoms with Gasteiger partial charge in [0.05, 0.1) is 30.0 Å². The maximum atomic E-state index is 13.0. The molecule has 26 heavy (non-hydrogen) atoms. The average molecular weight is 388 g/mol. The standard InChI is InChI=1S/C18H16N2O4S2/c1-24-15-7-3-2-5-13(15)11-19(12-14-6-4-10-25-14)18(21)16-8-9-17(26-16)20(22)23/h2-10H,11-12H2,1H3. The Kier molecular flexibility index (Phi) is 5.65. The predicted molar refractivity (Wildman–Crippen MR) is 102 cm³/mol. The molecule has 2 heterocycles. The van der Waals surface area contributed by atoms with E-state index in [9.17, 15) is 14.9 Å². The van der Waals surface area contributed by atoms with Gasteiger partial charge in [0.15, 0.2) is 0 Å². The van der Waals surface area contributed by atoms with Crippen LogP contribution in [-0.4, -0.2) is 22.8 Å². The zero-order valence-electron chi connectivity index (χ0n) is 14.0. The van der Waals surface area contributed by atoms with Gasteiger partial charge in [-0.15, -0.1) is 11.3 Å². The number of nitro groups is 1. The molecular formula is C18H16N2O4S2. The van der Waals surface area contributed by atoms with Crippen LogP contribution in [0.4, 0.5) is 5.00 Å². The molecule has 0 aliphatic carbocycles. The fourth-order valence-corrected chi connectivity index (χ4v) is 4.03. The number of thiophene rings is 2. The normalized spacial score (nSPS) is 10.5. The zero-order valence-corrected chi connectivity index (χ0v) is 15.6. The molecule has 0 saturated heterocycles. The van der Waals surface area contributed by atoms with E-state index >= 15 is 0 Å². The maximum absolute atomic E-state index is 13.0. The molecule has 0 spiro atoms. The number of rotatable bonds is 7. The third-order valence-corrected chi connectivity index (χ3v) is 5.64. The second-order valence-electron chi connectivity index (χ2n) is 5.45. The Morgan fingerprint density at radius 1 is 1.15 bits per heavy atom. The van der Waals surface area contributed by atoms with E-state index in [0.29, 0.717) is 23.7 Å². The number of hydrogen-bond donors (Lipinski definition) is 0. The van der Waals surface area contributed by atoms with Crippen LogP contribution in [0.5, 0.6) is 5.75 Å². The monoisotopic (exact) mass is 388 g/mol. The van der Waals surface area contributed by atoms with E-state index < -0.39 is 4.92 Å². The summed E-state index contributed by atoms with van der Waals surface area (Å²) in [4.78, 5) is 26.5.